The summed E-state index contributed by atoms with van der Waals surface area (Å²) in [6.45, 7) is 12.4. The van der Waals surface area contributed by atoms with Gasteiger partial charge in [-0.2, -0.15) is 0 Å². The van der Waals surface area contributed by atoms with Gasteiger partial charge in [0.05, 0.1) is 0 Å². The van der Waals surface area contributed by atoms with E-state index in [2.05, 4.69) is 70.3 Å². The van der Waals surface area contributed by atoms with Gasteiger partial charge in [-0.3, -0.25) is 0 Å². The molecular weight excluding hydrogens is 206 g/mol. The van der Waals surface area contributed by atoms with E-state index >= 15 is 0 Å². The van der Waals surface area contributed by atoms with Crippen molar-refractivity contribution >= 4 is 0 Å². The Balaban J connectivity index is 2.55. The lowest BCUT2D eigenvalue weighted by Crippen LogP contribution is -2.40. The molecule has 0 aliphatic heterocycles. The Hall–Kier alpha value is -0.820. The summed E-state index contributed by atoms with van der Waals surface area (Å²) in [5, 5.41) is 3.62. The van der Waals surface area contributed by atoms with Crippen LogP contribution >= 0.6 is 0 Å². The lowest BCUT2D eigenvalue weighted by Gasteiger charge is -2.27. The maximum atomic E-state index is 3.62. The zero-order chi connectivity index (χ0) is 12.9. The molecule has 0 fully saturated rings. The van der Waals surface area contributed by atoms with Gasteiger partial charge >= 0.3 is 0 Å². The summed E-state index contributed by atoms with van der Waals surface area (Å²) in [7, 11) is 0. The minimum absolute atomic E-state index is 0.212. The van der Waals surface area contributed by atoms with Gasteiger partial charge in [0, 0.05) is 5.54 Å². The van der Waals surface area contributed by atoms with Crippen molar-refractivity contribution in [2.75, 3.05) is 6.54 Å². The normalized spacial score (nSPS) is 14.0. The highest BCUT2D eigenvalue weighted by Gasteiger charge is 2.17. The molecule has 0 saturated heterocycles. The van der Waals surface area contributed by atoms with Crippen LogP contribution in [-0.4, -0.2) is 12.1 Å². The first-order chi connectivity index (χ1) is 7.88. The van der Waals surface area contributed by atoms with Gasteiger partial charge in [-0.25, -0.2) is 0 Å². The molecule has 0 amide bonds. The Morgan fingerprint density at radius 3 is 2.12 bits per heavy atom. The second-order valence-electron chi connectivity index (χ2n) is 6.32. The summed E-state index contributed by atoms with van der Waals surface area (Å²) in [5.74, 6) is 1.42. The van der Waals surface area contributed by atoms with Crippen molar-refractivity contribution in [1.82, 2.24) is 5.32 Å². The van der Waals surface area contributed by atoms with E-state index < -0.39 is 0 Å². The molecule has 1 atom stereocenters. The summed E-state index contributed by atoms with van der Waals surface area (Å²) in [6, 6.07) is 10.8. The monoisotopic (exact) mass is 233 g/mol. The number of hydrogen-bond acceptors (Lipinski definition) is 1. The zero-order valence-electron chi connectivity index (χ0n) is 12.0. The van der Waals surface area contributed by atoms with Gasteiger partial charge in [-0.15, -0.1) is 0 Å². The Kier molecular flexibility index (Phi) is 5.20. The fourth-order valence-electron chi connectivity index (χ4n) is 1.90. The summed E-state index contributed by atoms with van der Waals surface area (Å²) in [5.41, 5.74) is 1.66. The lowest BCUT2D eigenvalue weighted by molar-refractivity contribution is 0.312. The zero-order valence-corrected chi connectivity index (χ0v) is 12.0. The highest BCUT2D eigenvalue weighted by Crippen LogP contribution is 2.17. The van der Waals surface area contributed by atoms with Gasteiger partial charge in [-0.1, -0.05) is 44.2 Å². The van der Waals surface area contributed by atoms with Crippen LogP contribution in [0.1, 0.15) is 40.2 Å². The van der Waals surface area contributed by atoms with Gasteiger partial charge in [-0.05, 0) is 51.1 Å². The molecule has 96 valence electrons. The van der Waals surface area contributed by atoms with Crippen molar-refractivity contribution in [1.29, 1.82) is 0 Å². The van der Waals surface area contributed by atoms with Crippen LogP contribution in [0.25, 0.3) is 0 Å². The minimum Gasteiger partial charge on any atom is -0.312 e. The topological polar surface area (TPSA) is 12.0 Å². The van der Waals surface area contributed by atoms with E-state index in [4.69, 9.17) is 0 Å². The molecule has 0 heterocycles. The van der Waals surface area contributed by atoms with Crippen molar-refractivity contribution in [3.63, 3.8) is 0 Å². The molecule has 1 aromatic rings. The molecule has 0 spiro atoms. The first-order valence-electron chi connectivity index (χ1n) is 6.67. The van der Waals surface area contributed by atoms with E-state index in [-0.39, 0.29) is 5.54 Å². The van der Waals surface area contributed by atoms with Crippen LogP contribution in [0.3, 0.4) is 0 Å². The molecule has 0 saturated carbocycles. The standard InChI is InChI=1S/C16H27N/c1-13(2)15(12-17-16(3,4)5)11-14-9-7-6-8-10-14/h6-10,13,15,17H,11-12H2,1-5H3. The molecule has 0 aliphatic rings. The van der Waals surface area contributed by atoms with Crippen molar-refractivity contribution in [2.45, 2.75) is 46.6 Å². The van der Waals surface area contributed by atoms with Crippen LogP contribution in [0.15, 0.2) is 30.3 Å². The Morgan fingerprint density at radius 2 is 1.65 bits per heavy atom. The third kappa shape index (κ3) is 5.88. The molecule has 0 aromatic heterocycles. The van der Waals surface area contributed by atoms with E-state index in [0.717, 1.165) is 6.54 Å². The quantitative estimate of drug-likeness (QED) is 0.813. The van der Waals surface area contributed by atoms with Crippen molar-refractivity contribution in [3.05, 3.63) is 35.9 Å². The largest absolute Gasteiger partial charge is 0.312 e. The van der Waals surface area contributed by atoms with Crippen molar-refractivity contribution < 1.29 is 0 Å². The molecule has 17 heavy (non-hydrogen) atoms. The Morgan fingerprint density at radius 1 is 1.06 bits per heavy atom. The van der Waals surface area contributed by atoms with Crippen LogP contribution in [-0.2, 0) is 6.42 Å². The summed E-state index contributed by atoms with van der Waals surface area (Å²) < 4.78 is 0. The average Bonchev–Trinajstić information content (AvgIpc) is 2.24. The number of benzene rings is 1. The second kappa shape index (κ2) is 6.20. The lowest BCUT2D eigenvalue weighted by atomic mass is 9.88. The van der Waals surface area contributed by atoms with Crippen LogP contribution in [0.2, 0.25) is 0 Å². The highest BCUT2D eigenvalue weighted by atomic mass is 14.9. The first-order valence-corrected chi connectivity index (χ1v) is 6.67. The molecule has 1 rings (SSSR count). The Bertz CT molecular complexity index is 308. The van der Waals surface area contributed by atoms with E-state index in [1.54, 1.807) is 0 Å². The molecule has 1 unspecified atom stereocenters. The second-order valence-corrected chi connectivity index (χ2v) is 6.32. The summed E-state index contributed by atoms with van der Waals surface area (Å²) in [4.78, 5) is 0. The summed E-state index contributed by atoms with van der Waals surface area (Å²) in [6.07, 6.45) is 1.17. The Labute approximate surface area is 107 Å². The predicted molar refractivity (Wildman–Crippen MR) is 76.2 cm³/mol. The van der Waals surface area contributed by atoms with Gasteiger partial charge in [0.15, 0.2) is 0 Å². The molecule has 0 aliphatic carbocycles. The fraction of sp³-hybridized carbons (Fsp3) is 0.625. The molecule has 1 aromatic carbocycles. The molecule has 0 radical (unpaired) electrons. The predicted octanol–water partition coefficient (Wildman–Crippen LogP) is 3.89. The van der Waals surface area contributed by atoms with Gasteiger partial charge in [0.1, 0.15) is 0 Å². The van der Waals surface area contributed by atoms with Crippen LogP contribution in [0.5, 0.6) is 0 Å². The van der Waals surface area contributed by atoms with Gasteiger partial charge < -0.3 is 5.32 Å². The third-order valence-electron chi connectivity index (χ3n) is 3.18. The van der Waals surface area contributed by atoms with E-state index in [0.29, 0.717) is 11.8 Å². The van der Waals surface area contributed by atoms with Gasteiger partial charge in [0.25, 0.3) is 0 Å². The number of rotatable bonds is 5. The first kappa shape index (κ1) is 14.2. The number of nitrogens with one attached hydrogen (secondary N) is 1. The highest BCUT2D eigenvalue weighted by molar-refractivity contribution is 5.15. The van der Waals surface area contributed by atoms with Crippen molar-refractivity contribution in [3.8, 4) is 0 Å². The fourth-order valence-corrected chi connectivity index (χ4v) is 1.90. The summed E-state index contributed by atoms with van der Waals surface area (Å²) >= 11 is 0. The third-order valence-corrected chi connectivity index (χ3v) is 3.18. The maximum Gasteiger partial charge on any atom is 0.00966 e. The van der Waals surface area contributed by atoms with Gasteiger partial charge in [0.2, 0.25) is 0 Å². The molecular formula is C16H27N. The van der Waals surface area contributed by atoms with E-state index in [1.165, 1.54) is 12.0 Å². The molecule has 1 heteroatoms. The molecule has 1 N–H and O–H groups in total. The number of hydrogen-bond donors (Lipinski definition) is 1. The van der Waals surface area contributed by atoms with Crippen LogP contribution in [0.4, 0.5) is 0 Å². The molecule has 0 bridgehead atoms. The maximum absolute atomic E-state index is 3.62. The van der Waals surface area contributed by atoms with E-state index in [1.807, 2.05) is 0 Å². The van der Waals surface area contributed by atoms with Crippen LogP contribution in [0, 0.1) is 11.8 Å². The van der Waals surface area contributed by atoms with Crippen molar-refractivity contribution in [2.24, 2.45) is 11.8 Å². The van der Waals surface area contributed by atoms with Crippen LogP contribution < -0.4 is 5.32 Å². The average molecular weight is 233 g/mol. The SMILES string of the molecule is CC(C)C(CNC(C)(C)C)Cc1ccccc1. The van der Waals surface area contributed by atoms with E-state index in [9.17, 15) is 0 Å². The molecule has 1 nitrogen and oxygen atoms in total. The smallest absolute Gasteiger partial charge is 0.00966 e. The minimum atomic E-state index is 0.212.